The molecule has 0 heterocycles. The van der Waals surface area contributed by atoms with Crippen molar-refractivity contribution in [2.24, 2.45) is 0 Å². The zero-order valence-electron chi connectivity index (χ0n) is 10.4. The van der Waals surface area contributed by atoms with Gasteiger partial charge in [-0.15, -0.1) is 11.8 Å². The van der Waals surface area contributed by atoms with Crippen LogP contribution in [0, 0.1) is 17.7 Å². The van der Waals surface area contributed by atoms with Gasteiger partial charge in [0.15, 0.2) is 5.82 Å². The van der Waals surface area contributed by atoms with Crippen LogP contribution in [0.3, 0.4) is 0 Å². The van der Waals surface area contributed by atoms with Crippen molar-refractivity contribution in [2.45, 2.75) is 18.2 Å². The summed E-state index contributed by atoms with van der Waals surface area (Å²) in [7, 11) is -4.19. The van der Waals surface area contributed by atoms with Gasteiger partial charge in [-0.2, -0.15) is 0 Å². The maximum atomic E-state index is 13.9. The number of aromatic carboxylic acids is 1. The van der Waals surface area contributed by atoms with Crippen LogP contribution in [0.15, 0.2) is 17.0 Å². The van der Waals surface area contributed by atoms with Gasteiger partial charge in [0.1, 0.15) is 4.90 Å². The van der Waals surface area contributed by atoms with Crippen molar-refractivity contribution in [3.05, 3.63) is 28.5 Å². The molecular formula is C12H11ClFNO4S. The summed E-state index contributed by atoms with van der Waals surface area (Å²) >= 11 is 5.61. The van der Waals surface area contributed by atoms with E-state index in [4.69, 9.17) is 16.7 Å². The molecule has 0 aromatic heterocycles. The average Bonchev–Trinajstić information content (AvgIpc) is 2.36. The second-order valence-electron chi connectivity index (χ2n) is 3.65. The molecule has 0 unspecified atom stereocenters. The highest BCUT2D eigenvalue weighted by Crippen LogP contribution is 2.23. The lowest BCUT2D eigenvalue weighted by Crippen LogP contribution is -2.26. The Morgan fingerprint density at radius 3 is 2.70 bits per heavy atom. The third-order valence-electron chi connectivity index (χ3n) is 2.24. The van der Waals surface area contributed by atoms with Crippen molar-refractivity contribution in [3.8, 4) is 11.8 Å². The molecule has 0 saturated heterocycles. The number of carboxylic acids is 1. The van der Waals surface area contributed by atoms with E-state index in [1.54, 1.807) is 6.92 Å². The number of hydrogen-bond donors (Lipinski definition) is 2. The molecule has 1 rings (SSSR count). The van der Waals surface area contributed by atoms with Crippen LogP contribution in [0.1, 0.15) is 23.7 Å². The fourth-order valence-electron chi connectivity index (χ4n) is 1.37. The van der Waals surface area contributed by atoms with E-state index in [0.29, 0.717) is 0 Å². The maximum absolute atomic E-state index is 13.9. The van der Waals surface area contributed by atoms with E-state index in [1.165, 1.54) is 0 Å². The van der Waals surface area contributed by atoms with Gasteiger partial charge in [0, 0.05) is 18.0 Å². The molecule has 8 heteroatoms. The number of benzene rings is 1. The second-order valence-corrected chi connectivity index (χ2v) is 5.82. The Kier molecular flexibility index (Phi) is 5.51. The molecule has 0 amide bonds. The molecule has 20 heavy (non-hydrogen) atoms. The molecule has 0 aliphatic heterocycles. The van der Waals surface area contributed by atoms with Crippen molar-refractivity contribution < 1.29 is 22.7 Å². The number of carbonyl (C=O) groups is 1. The monoisotopic (exact) mass is 319 g/mol. The van der Waals surface area contributed by atoms with Gasteiger partial charge >= 0.3 is 5.97 Å². The molecule has 0 spiro atoms. The molecule has 0 radical (unpaired) electrons. The number of halogens is 2. The van der Waals surface area contributed by atoms with Gasteiger partial charge in [-0.25, -0.2) is 22.3 Å². The third-order valence-corrected chi connectivity index (χ3v) is 3.92. The third kappa shape index (κ3) is 3.93. The van der Waals surface area contributed by atoms with Crippen LogP contribution in [0.25, 0.3) is 0 Å². The second kappa shape index (κ2) is 6.70. The van der Waals surface area contributed by atoms with E-state index in [2.05, 4.69) is 16.6 Å². The molecule has 0 aliphatic rings. The van der Waals surface area contributed by atoms with Crippen LogP contribution in [0.5, 0.6) is 0 Å². The minimum Gasteiger partial charge on any atom is -0.478 e. The summed E-state index contributed by atoms with van der Waals surface area (Å²) in [4.78, 5) is 10.0. The Balaban J connectivity index is 3.17. The maximum Gasteiger partial charge on any atom is 0.338 e. The first-order valence-corrected chi connectivity index (χ1v) is 7.27. The normalized spacial score (nSPS) is 10.8. The number of carboxylic acid groups (broad SMARTS) is 1. The molecule has 0 saturated carbocycles. The van der Waals surface area contributed by atoms with Crippen molar-refractivity contribution in [1.82, 2.24) is 4.72 Å². The molecule has 0 aliphatic carbocycles. The number of nitrogens with one attached hydrogen (secondary N) is 1. The van der Waals surface area contributed by atoms with Crippen molar-refractivity contribution >= 4 is 27.6 Å². The standard InChI is InChI=1S/C12H11ClFNO4S/c1-2-3-4-5-15-20(18,19)10-7-8(13)6-9(11(10)14)12(16)17/h6-7,15H,4-5H2,1H3,(H,16,17). The van der Waals surface area contributed by atoms with Gasteiger partial charge in [-0.05, 0) is 19.1 Å². The van der Waals surface area contributed by atoms with Gasteiger partial charge in [0.2, 0.25) is 10.0 Å². The van der Waals surface area contributed by atoms with Crippen LogP contribution >= 0.6 is 11.6 Å². The Labute approximate surface area is 120 Å². The highest BCUT2D eigenvalue weighted by molar-refractivity contribution is 7.89. The largest absolute Gasteiger partial charge is 0.478 e. The predicted octanol–water partition coefficient (Wildman–Crippen LogP) is 1.87. The zero-order valence-corrected chi connectivity index (χ0v) is 12.0. The van der Waals surface area contributed by atoms with Crippen LogP contribution in [-0.2, 0) is 10.0 Å². The summed E-state index contributed by atoms with van der Waals surface area (Å²) in [6.07, 6.45) is 0.254. The molecular weight excluding hydrogens is 309 g/mol. The molecule has 2 N–H and O–H groups in total. The first kappa shape index (κ1) is 16.4. The van der Waals surface area contributed by atoms with E-state index in [1.807, 2.05) is 0 Å². The van der Waals surface area contributed by atoms with Gasteiger partial charge in [-0.3, -0.25) is 0 Å². The summed E-state index contributed by atoms with van der Waals surface area (Å²) in [5.74, 6) is 2.27. The summed E-state index contributed by atoms with van der Waals surface area (Å²) in [5, 5.41) is 8.61. The average molecular weight is 320 g/mol. The highest BCUT2D eigenvalue weighted by Gasteiger charge is 2.24. The summed E-state index contributed by atoms with van der Waals surface area (Å²) in [5.41, 5.74) is -0.800. The summed E-state index contributed by atoms with van der Waals surface area (Å²) in [6.45, 7) is 1.59. The van der Waals surface area contributed by atoms with Crippen LogP contribution < -0.4 is 4.72 Å². The van der Waals surface area contributed by atoms with Crippen molar-refractivity contribution in [3.63, 3.8) is 0 Å². The van der Waals surface area contributed by atoms with Gasteiger partial charge in [-0.1, -0.05) is 11.6 Å². The zero-order chi connectivity index (χ0) is 15.3. The Morgan fingerprint density at radius 1 is 1.50 bits per heavy atom. The van der Waals surface area contributed by atoms with Crippen molar-refractivity contribution in [2.75, 3.05) is 6.54 Å². The first-order chi connectivity index (χ1) is 9.29. The van der Waals surface area contributed by atoms with E-state index in [-0.39, 0.29) is 18.0 Å². The topological polar surface area (TPSA) is 83.5 Å². The Hall–Kier alpha value is -1.62. The molecule has 5 nitrogen and oxygen atoms in total. The fourth-order valence-corrected chi connectivity index (χ4v) is 2.80. The first-order valence-electron chi connectivity index (χ1n) is 5.41. The van der Waals surface area contributed by atoms with E-state index >= 15 is 0 Å². The van der Waals surface area contributed by atoms with Gasteiger partial charge in [0.25, 0.3) is 0 Å². The fraction of sp³-hybridized carbons (Fsp3) is 0.250. The van der Waals surface area contributed by atoms with Crippen LogP contribution in [-0.4, -0.2) is 26.0 Å². The van der Waals surface area contributed by atoms with Crippen LogP contribution in [0.4, 0.5) is 4.39 Å². The molecule has 1 aromatic rings. The Bertz CT molecular complexity index is 691. The molecule has 108 valence electrons. The van der Waals surface area contributed by atoms with Gasteiger partial charge < -0.3 is 5.11 Å². The molecule has 1 aromatic carbocycles. The minimum absolute atomic E-state index is 0.0163. The lowest BCUT2D eigenvalue weighted by atomic mass is 10.2. The quantitative estimate of drug-likeness (QED) is 0.641. The molecule has 0 bridgehead atoms. The van der Waals surface area contributed by atoms with Gasteiger partial charge in [0.05, 0.1) is 5.56 Å². The smallest absolute Gasteiger partial charge is 0.338 e. The number of sulfonamides is 1. The lowest BCUT2D eigenvalue weighted by Gasteiger charge is -2.08. The summed E-state index contributed by atoms with van der Waals surface area (Å²) < 4.78 is 39.8. The highest BCUT2D eigenvalue weighted by atomic mass is 35.5. The van der Waals surface area contributed by atoms with Crippen LogP contribution in [0.2, 0.25) is 5.02 Å². The van der Waals surface area contributed by atoms with E-state index < -0.39 is 32.3 Å². The lowest BCUT2D eigenvalue weighted by molar-refractivity contribution is 0.0691. The SMILES string of the molecule is CC#CCCNS(=O)(=O)c1cc(Cl)cc(C(=O)O)c1F. The van der Waals surface area contributed by atoms with E-state index in [0.717, 1.165) is 12.1 Å². The number of hydrogen-bond acceptors (Lipinski definition) is 3. The summed E-state index contributed by atoms with van der Waals surface area (Å²) in [6, 6.07) is 1.71. The number of rotatable bonds is 5. The van der Waals surface area contributed by atoms with E-state index in [9.17, 15) is 17.6 Å². The predicted molar refractivity (Wildman–Crippen MR) is 71.6 cm³/mol. The molecule has 0 fully saturated rings. The minimum atomic E-state index is -4.19. The van der Waals surface area contributed by atoms with Crippen molar-refractivity contribution in [1.29, 1.82) is 0 Å². The Morgan fingerprint density at radius 2 is 2.15 bits per heavy atom. The molecule has 0 atom stereocenters.